The molecule has 1 aromatic carbocycles. The summed E-state index contributed by atoms with van der Waals surface area (Å²) in [6.07, 6.45) is 1.23. The van der Waals surface area contributed by atoms with Crippen molar-refractivity contribution in [2.75, 3.05) is 31.6 Å². The summed E-state index contributed by atoms with van der Waals surface area (Å²) in [5.41, 5.74) is 0.643. The molecule has 7 nitrogen and oxygen atoms in total. The number of aromatic nitrogens is 2. The van der Waals surface area contributed by atoms with Gasteiger partial charge in [0.15, 0.2) is 0 Å². The Balaban J connectivity index is 1.73. The lowest BCUT2D eigenvalue weighted by molar-refractivity contribution is -0.120. The lowest BCUT2D eigenvalue weighted by Crippen LogP contribution is -2.52. The van der Waals surface area contributed by atoms with Gasteiger partial charge in [-0.05, 0) is 18.2 Å². The first kappa shape index (κ1) is 15.9. The predicted octanol–water partition coefficient (Wildman–Crippen LogP) is 1.11. The maximum absolute atomic E-state index is 13.3. The molecule has 0 unspecified atom stereocenters. The Labute approximate surface area is 137 Å². The first-order valence-corrected chi connectivity index (χ1v) is 7.29. The molecule has 0 radical (unpaired) electrons. The number of ether oxygens (including phenoxy) is 1. The summed E-state index contributed by atoms with van der Waals surface area (Å²) in [7, 11) is 1.44. The monoisotopic (exact) mass is 330 g/mol. The van der Waals surface area contributed by atoms with E-state index < -0.39 is 5.82 Å². The maximum Gasteiger partial charge on any atom is 0.273 e. The smallest absolute Gasteiger partial charge is 0.273 e. The third-order valence-electron chi connectivity index (χ3n) is 3.70. The SMILES string of the molecule is COc1cc(C(=O)N2CCN(c3cccc(F)c3)C(=O)C2)ncn1. The van der Waals surface area contributed by atoms with Crippen molar-refractivity contribution in [1.82, 2.24) is 14.9 Å². The molecular weight excluding hydrogens is 315 g/mol. The zero-order valence-electron chi connectivity index (χ0n) is 13.0. The molecule has 24 heavy (non-hydrogen) atoms. The Bertz CT molecular complexity index is 783. The molecule has 1 fully saturated rings. The van der Waals surface area contributed by atoms with E-state index in [2.05, 4.69) is 9.97 Å². The minimum atomic E-state index is -0.410. The number of hydrogen-bond acceptors (Lipinski definition) is 5. The van der Waals surface area contributed by atoms with E-state index in [-0.39, 0.29) is 36.5 Å². The van der Waals surface area contributed by atoms with Gasteiger partial charge in [0, 0.05) is 24.8 Å². The summed E-state index contributed by atoms with van der Waals surface area (Å²) in [5.74, 6) is -0.783. The van der Waals surface area contributed by atoms with Crippen LogP contribution >= 0.6 is 0 Å². The van der Waals surface area contributed by atoms with Crippen molar-refractivity contribution < 1.29 is 18.7 Å². The number of nitrogens with zero attached hydrogens (tertiary/aromatic N) is 4. The molecule has 0 spiro atoms. The molecule has 0 saturated carbocycles. The molecule has 2 amide bonds. The summed E-state index contributed by atoms with van der Waals surface area (Å²) >= 11 is 0. The van der Waals surface area contributed by atoms with E-state index in [0.717, 1.165) is 0 Å². The topological polar surface area (TPSA) is 75.6 Å². The Morgan fingerprint density at radius 3 is 2.79 bits per heavy atom. The molecule has 1 aliphatic heterocycles. The summed E-state index contributed by atoms with van der Waals surface area (Å²) in [5, 5.41) is 0. The van der Waals surface area contributed by atoms with Gasteiger partial charge in [0.05, 0.1) is 7.11 Å². The summed E-state index contributed by atoms with van der Waals surface area (Å²) in [6, 6.07) is 7.24. The van der Waals surface area contributed by atoms with Gasteiger partial charge < -0.3 is 14.5 Å². The second-order valence-corrected chi connectivity index (χ2v) is 5.20. The van der Waals surface area contributed by atoms with Crippen LogP contribution < -0.4 is 9.64 Å². The molecule has 0 atom stereocenters. The Hall–Kier alpha value is -3.03. The number of amides is 2. The highest BCUT2D eigenvalue weighted by Gasteiger charge is 2.29. The average Bonchev–Trinajstić information content (AvgIpc) is 2.61. The first-order valence-electron chi connectivity index (χ1n) is 7.29. The highest BCUT2D eigenvalue weighted by Crippen LogP contribution is 2.19. The van der Waals surface area contributed by atoms with Crippen LogP contribution in [-0.2, 0) is 4.79 Å². The minimum Gasteiger partial charge on any atom is -0.481 e. The van der Waals surface area contributed by atoms with Gasteiger partial charge >= 0.3 is 0 Å². The van der Waals surface area contributed by atoms with Gasteiger partial charge in [-0.15, -0.1) is 0 Å². The van der Waals surface area contributed by atoms with Gasteiger partial charge in [-0.2, -0.15) is 0 Å². The fourth-order valence-electron chi connectivity index (χ4n) is 2.49. The van der Waals surface area contributed by atoms with Crippen LogP contribution in [0.3, 0.4) is 0 Å². The van der Waals surface area contributed by atoms with Gasteiger partial charge in [0.25, 0.3) is 5.91 Å². The average molecular weight is 330 g/mol. The van der Waals surface area contributed by atoms with Crippen LogP contribution in [0.4, 0.5) is 10.1 Å². The quantitative estimate of drug-likeness (QED) is 0.843. The van der Waals surface area contributed by atoms with Gasteiger partial charge in [-0.25, -0.2) is 14.4 Å². The van der Waals surface area contributed by atoms with Crippen molar-refractivity contribution in [1.29, 1.82) is 0 Å². The Morgan fingerprint density at radius 1 is 1.25 bits per heavy atom. The number of anilines is 1. The van der Waals surface area contributed by atoms with Crippen molar-refractivity contribution in [2.45, 2.75) is 0 Å². The van der Waals surface area contributed by atoms with E-state index >= 15 is 0 Å². The molecule has 2 heterocycles. The number of methoxy groups -OCH3 is 1. The second-order valence-electron chi connectivity index (χ2n) is 5.20. The van der Waals surface area contributed by atoms with Gasteiger partial charge in [-0.3, -0.25) is 9.59 Å². The lowest BCUT2D eigenvalue weighted by atomic mass is 10.2. The number of piperazine rings is 1. The maximum atomic E-state index is 13.3. The highest BCUT2D eigenvalue weighted by atomic mass is 19.1. The number of benzene rings is 1. The number of carbonyl (C=O) groups excluding carboxylic acids is 2. The van der Waals surface area contributed by atoms with Crippen molar-refractivity contribution in [3.8, 4) is 5.88 Å². The number of halogens is 1. The molecule has 1 aromatic heterocycles. The van der Waals surface area contributed by atoms with E-state index in [9.17, 15) is 14.0 Å². The van der Waals surface area contributed by atoms with Crippen LogP contribution in [0.1, 0.15) is 10.5 Å². The molecule has 2 aromatic rings. The van der Waals surface area contributed by atoms with Gasteiger partial charge in [0.1, 0.15) is 24.4 Å². The first-order chi connectivity index (χ1) is 11.6. The van der Waals surface area contributed by atoms with E-state index in [1.807, 2.05) is 0 Å². The zero-order valence-corrected chi connectivity index (χ0v) is 13.0. The van der Waals surface area contributed by atoms with E-state index in [1.165, 1.54) is 41.4 Å². The highest BCUT2D eigenvalue weighted by molar-refractivity contribution is 6.01. The number of hydrogen-bond donors (Lipinski definition) is 0. The standard InChI is InChI=1S/C16H15FN4O3/c1-24-14-8-13(18-10-19-14)16(23)20-5-6-21(15(22)9-20)12-4-2-3-11(17)7-12/h2-4,7-8,10H,5-6,9H2,1H3. The third-order valence-corrected chi connectivity index (χ3v) is 3.70. The van der Waals surface area contributed by atoms with E-state index in [4.69, 9.17) is 4.74 Å². The van der Waals surface area contributed by atoms with Crippen molar-refractivity contribution in [3.63, 3.8) is 0 Å². The molecule has 124 valence electrons. The largest absolute Gasteiger partial charge is 0.481 e. The molecule has 0 bridgehead atoms. The minimum absolute atomic E-state index is 0.0956. The zero-order chi connectivity index (χ0) is 17.1. The summed E-state index contributed by atoms with van der Waals surface area (Å²) in [4.78, 5) is 35.4. The van der Waals surface area contributed by atoms with E-state index in [0.29, 0.717) is 12.2 Å². The summed E-state index contributed by atoms with van der Waals surface area (Å²) in [6.45, 7) is 0.519. The normalized spacial score (nSPS) is 14.7. The third kappa shape index (κ3) is 3.17. The van der Waals surface area contributed by atoms with E-state index in [1.54, 1.807) is 12.1 Å². The van der Waals surface area contributed by atoms with Gasteiger partial charge in [-0.1, -0.05) is 6.07 Å². The Morgan fingerprint density at radius 2 is 2.08 bits per heavy atom. The molecule has 3 rings (SSSR count). The Kier molecular flexibility index (Phi) is 4.37. The predicted molar refractivity (Wildman–Crippen MR) is 83.2 cm³/mol. The van der Waals surface area contributed by atoms with Gasteiger partial charge in [0.2, 0.25) is 11.8 Å². The van der Waals surface area contributed by atoms with Crippen molar-refractivity contribution >= 4 is 17.5 Å². The van der Waals surface area contributed by atoms with Crippen molar-refractivity contribution in [2.24, 2.45) is 0 Å². The van der Waals surface area contributed by atoms with Crippen LogP contribution in [0.15, 0.2) is 36.7 Å². The molecular formula is C16H15FN4O3. The second kappa shape index (κ2) is 6.61. The van der Waals surface area contributed by atoms with Crippen LogP contribution in [0.2, 0.25) is 0 Å². The molecule has 1 saturated heterocycles. The molecule has 1 aliphatic rings. The van der Waals surface area contributed by atoms with Crippen molar-refractivity contribution in [3.05, 3.63) is 48.2 Å². The fourth-order valence-corrected chi connectivity index (χ4v) is 2.49. The lowest BCUT2D eigenvalue weighted by Gasteiger charge is -2.34. The fraction of sp³-hybridized carbons (Fsp3) is 0.250. The van der Waals surface area contributed by atoms with Crippen LogP contribution in [0.5, 0.6) is 5.88 Å². The molecule has 0 aliphatic carbocycles. The van der Waals surface area contributed by atoms with Crippen LogP contribution in [0, 0.1) is 5.82 Å². The molecule has 8 heteroatoms. The number of rotatable bonds is 3. The molecule has 0 N–H and O–H groups in total. The summed E-state index contributed by atoms with van der Waals surface area (Å²) < 4.78 is 18.3. The van der Waals surface area contributed by atoms with Crippen LogP contribution in [0.25, 0.3) is 0 Å². The van der Waals surface area contributed by atoms with Crippen LogP contribution in [-0.4, -0.2) is 53.4 Å². The number of carbonyl (C=O) groups is 2.